The van der Waals surface area contributed by atoms with Crippen molar-refractivity contribution in [2.45, 2.75) is 13.8 Å². The predicted octanol–water partition coefficient (Wildman–Crippen LogP) is 2.95. The number of hydrogen-bond acceptors (Lipinski definition) is 5. The van der Waals surface area contributed by atoms with Gasteiger partial charge in [-0.3, -0.25) is 0 Å². The molecule has 1 aromatic heterocycles. The Bertz CT molecular complexity index is 530. The Kier molecular flexibility index (Phi) is 3.62. The molecule has 5 heteroatoms. The SMILES string of the molecule is CCOC(=O)c1coc(Oc2ccc(C)cc2)n1. The van der Waals surface area contributed by atoms with Crippen molar-refractivity contribution >= 4 is 5.97 Å². The maximum Gasteiger partial charge on any atom is 0.399 e. The lowest BCUT2D eigenvalue weighted by atomic mass is 10.2. The van der Waals surface area contributed by atoms with Gasteiger partial charge in [-0.2, -0.15) is 4.98 Å². The minimum Gasteiger partial charge on any atom is -0.461 e. The van der Waals surface area contributed by atoms with E-state index in [0.717, 1.165) is 5.56 Å². The number of aryl methyl sites for hydroxylation is 1. The average Bonchev–Trinajstić information content (AvgIpc) is 2.81. The molecule has 0 amide bonds. The number of esters is 1. The van der Waals surface area contributed by atoms with Crippen LogP contribution in [0.2, 0.25) is 0 Å². The Morgan fingerprint density at radius 1 is 1.33 bits per heavy atom. The van der Waals surface area contributed by atoms with E-state index in [1.54, 1.807) is 19.1 Å². The van der Waals surface area contributed by atoms with Gasteiger partial charge in [0.05, 0.1) is 6.61 Å². The third-order valence-corrected chi connectivity index (χ3v) is 2.19. The van der Waals surface area contributed by atoms with Crippen LogP contribution in [-0.4, -0.2) is 17.6 Å². The Morgan fingerprint density at radius 2 is 2.06 bits per heavy atom. The second-order valence-electron chi connectivity index (χ2n) is 3.63. The van der Waals surface area contributed by atoms with E-state index in [2.05, 4.69) is 4.98 Å². The van der Waals surface area contributed by atoms with E-state index in [1.165, 1.54) is 6.26 Å². The van der Waals surface area contributed by atoms with Crippen LogP contribution in [0.15, 0.2) is 34.9 Å². The maximum absolute atomic E-state index is 11.4. The smallest absolute Gasteiger partial charge is 0.399 e. The third kappa shape index (κ3) is 2.88. The van der Waals surface area contributed by atoms with Crippen LogP contribution >= 0.6 is 0 Å². The quantitative estimate of drug-likeness (QED) is 0.777. The molecule has 18 heavy (non-hydrogen) atoms. The van der Waals surface area contributed by atoms with Crippen molar-refractivity contribution in [2.24, 2.45) is 0 Å². The molecule has 0 N–H and O–H groups in total. The van der Waals surface area contributed by atoms with Crippen LogP contribution in [0.25, 0.3) is 0 Å². The van der Waals surface area contributed by atoms with Gasteiger partial charge in [0.1, 0.15) is 12.0 Å². The molecule has 94 valence electrons. The summed E-state index contributed by atoms with van der Waals surface area (Å²) in [4.78, 5) is 15.2. The number of hydrogen-bond donors (Lipinski definition) is 0. The van der Waals surface area contributed by atoms with Crippen LogP contribution < -0.4 is 4.74 Å². The highest BCUT2D eigenvalue weighted by molar-refractivity contribution is 5.86. The molecule has 2 aromatic rings. The predicted molar refractivity (Wildman–Crippen MR) is 63.7 cm³/mol. The van der Waals surface area contributed by atoms with Gasteiger partial charge in [0, 0.05) is 0 Å². The normalized spacial score (nSPS) is 10.1. The summed E-state index contributed by atoms with van der Waals surface area (Å²) in [5.41, 5.74) is 1.22. The van der Waals surface area contributed by atoms with Crippen LogP contribution in [-0.2, 0) is 4.74 Å². The molecule has 0 aliphatic carbocycles. The first-order chi connectivity index (χ1) is 8.69. The van der Waals surface area contributed by atoms with Gasteiger partial charge >= 0.3 is 12.0 Å². The van der Waals surface area contributed by atoms with Gasteiger partial charge < -0.3 is 13.9 Å². The van der Waals surface area contributed by atoms with Gasteiger partial charge in [0.25, 0.3) is 0 Å². The summed E-state index contributed by atoms with van der Waals surface area (Å²) in [6, 6.07) is 7.40. The summed E-state index contributed by atoms with van der Waals surface area (Å²) in [5.74, 6) is 0.0675. The average molecular weight is 247 g/mol. The van der Waals surface area contributed by atoms with Crippen LogP contribution in [0.5, 0.6) is 11.8 Å². The summed E-state index contributed by atoms with van der Waals surface area (Å²) in [6.07, 6.45) is 1.23. The monoisotopic (exact) mass is 247 g/mol. The van der Waals surface area contributed by atoms with Crippen LogP contribution in [0.1, 0.15) is 23.0 Å². The van der Waals surface area contributed by atoms with Gasteiger partial charge in [-0.25, -0.2) is 4.79 Å². The van der Waals surface area contributed by atoms with Crippen LogP contribution in [0.4, 0.5) is 0 Å². The first-order valence-corrected chi connectivity index (χ1v) is 5.56. The van der Waals surface area contributed by atoms with Crippen molar-refractivity contribution in [3.8, 4) is 11.8 Å². The number of carbonyl (C=O) groups is 1. The van der Waals surface area contributed by atoms with Gasteiger partial charge in [-0.1, -0.05) is 17.7 Å². The van der Waals surface area contributed by atoms with Crippen molar-refractivity contribution in [3.63, 3.8) is 0 Å². The van der Waals surface area contributed by atoms with E-state index >= 15 is 0 Å². The van der Waals surface area contributed by atoms with E-state index in [1.807, 2.05) is 19.1 Å². The summed E-state index contributed by atoms with van der Waals surface area (Å²) in [5, 5.41) is 0. The number of oxazole rings is 1. The minimum absolute atomic E-state index is 0.0157. The Morgan fingerprint density at radius 3 is 2.72 bits per heavy atom. The first-order valence-electron chi connectivity index (χ1n) is 5.56. The lowest BCUT2D eigenvalue weighted by Crippen LogP contribution is -2.04. The Hall–Kier alpha value is -2.30. The molecule has 0 radical (unpaired) electrons. The van der Waals surface area contributed by atoms with Crippen molar-refractivity contribution in [3.05, 3.63) is 41.8 Å². The fourth-order valence-corrected chi connectivity index (χ4v) is 1.31. The fraction of sp³-hybridized carbons (Fsp3) is 0.231. The second kappa shape index (κ2) is 5.35. The highest BCUT2D eigenvalue weighted by Gasteiger charge is 2.14. The van der Waals surface area contributed by atoms with Crippen molar-refractivity contribution in [1.29, 1.82) is 0 Å². The van der Waals surface area contributed by atoms with Crippen LogP contribution in [0.3, 0.4) is 0 Å². The number of benzene rings is 1. The van der Waals surface area contributed by atoms with E-state index in [-0.39, 0.29) is 11.8 Å². The zero-order valence-electron chi connectivity index (χ0n) is 10.2. The Balaban J connectivity index is 2.06. The lowest BCUT2D eigenvalue weighted by molar-refractivity contribution is 0.0519. The number of carbonyl (C=O) groups excluding carboxylic acids is 1. The molecular weight excluding hydrogens is 234 g/mol. The van der Waals surface area contributed by atoms with Crippen molar-refractivity contribution in [1.82, 2.24) is 4.98 Å². The van der Waals surface area contributed by atoms with Gasteiger partial charge in [-0.05, 0) is 26.0 Å². The van der Waals surface area contributed by atoms with Gasteiger partial charge in [0.2, 0.25) is 0 Å². The zero-order valence-corrected chi connectivity index (χ0v) is 10.2. The molecule has 0 aliphatic rings. The van der Waals surface area contributed by atoms with Gasteiger partial charge in [0.15, 0.2) is 5.69 Å². The summed E-state index contributed by atoms with van der Waals surface area (Å²) in [6.45, 7) is 4.00. The topological polar surface area (TPSA) is 61.6 Å². The highest BCUT2D eigenvalue weighted by atomic mass is 16.6. The lowest BCUT2D eigenvalue weighted by Gasteiger charge is -2.00. The van der Waals surface area contributed by atoms with Gasteiger partial charge in [-0.15, -0.1) is 0 Å². The minimum atomic E-state index is -0.528. The third-order valence-electron chi connectivity index (χ3n) is 2.19. The molecule has 0 saturated heterocycles. The molecule has 0 atom stereocenters. The molecule has 0 saturated carbocycles. The van der Waals surface area contributed by atoms with Crippen molar-refractivity contribution in [2.75, 3.05) is 6.61 Å². The summed E-state index contributed by atoms with van der Waals surface area (Å²) >= 11 is 0. The largest absolute Gasteiger partial charge is 0.461 e. The molecule has 0 unspecified atom stereocenters. The summed E-state index contributed by atoms with van der Waals surface area (Å²) in [7, 11) is 0. The maximum atomic E-state index is 11.4. The highest BCUT2D eigenvalue weighted by Crippen LogP contribution is 2.21. The molecule has 0 fully saturated rings. The fourth-order valence-electron chi connectivity index (χ4n) is 1.31. The number of aromatic nitrogens is 1. The number of nitrogens with zero attached hydrogens (tertiary/aromatic N) is 1. The molecule has 1 heterocycles. The standard InChI is InChI=1S/C13H13NO4/c1-3-16-12(15)11-8-17-13(14-11)18-10-6-4-9(2)5-7-10/h4-8H,3H2,1-2H3. The van der Waals surface area contributed by atoms with E-state index in [4.69, 9.17) is 13.9 Å². The molecule has 0 spiro atoms. The molecule has 0 bridgehead atoms. The van der Waals surface area contributed by atoms with E-state index < -0.39 is 5.97 Å². The number of rotatable bonds is 4. The zero-order chi connectivity index (χ0) is 13.0. The molecule has 2 rings (SSSR count). The van der Waals surface area contributed by atoms with E-state index in [0.29, 0.717) is 12.4 Å². The molecule has 0 aliphatic heterocycles. The second-order valence-corrected chi connectivity index (χ2v) is 3.63. The first kappa shape index (κ1) is 12.2. The molecule has 1 aromatic carbocycles. The molecule has 5 nitrogen and oxygen atoms in total. The van der Waals surface area contributed by atoms with Crippen molar-refractivity contribution < 1.29 is 18.7 Å². The summed E-state index contributed by atoms with van der Waals surface area (Å²) < 4.78 is 15.2. The number of ether oxygens (including phenoxy) is 2. The van der Waals surface area contributed by atoms with E-state index in [9.17, 15) is 4.79 Å². The molecular formula is C13H13NO4. The van der Waals surface area contributed by atoms with Crippen LogP contribution in [0, 0.1) is 6.92 Å². The Labute approximate surface area is 104 Å².